The summed E-state index contributed by atoms with van der Waals surface area (Å²) in [6, 6.07) is 7.16. The molecule has 0 aromatic heterocycles. The van der Waals surface area contributed by atoms with Crippen molar-refractivity contribution >= 4 is 11.6 Å². The predicted molar refractivity (Wildman–Crippen MR) is 77.3 cm³/mol. The van der Waals surface area contributed by atoms with E-state index in [-0.39, 0.29) is 29.9 Å². The molecule has 1 saturated carbocycles. The normalized spacial score (nSPS) is 23.8. The summed E-state index contributed by atoms with van der Waals surface area (Å²) in [6.45, 7) is 4.22. The predicted octanol–water partition coefficient (Wildman–Crippen LogP) is 1.31. The Kier molecular flexibility index (Phi) is 4.18. The largest absolute Gasteiger partial charge is 0.493 e. The third-order valence-corrected chi connectivity index (χ3v) is 4.01. The molecule has 5 heteroatoms. The molecule has 1 fully saturated rings. The molecule has 0 spiro atoms. The van der Waals surface area contributed by atoms with Gasteiger partial charge < -0.3 is 20.9 Å². The topological polar surface area (TPSA) is 84.6 Å². The monoisotopic (exact) mass is 278 g/mol. The quantitative estimate of drug-likeness (QED) is 0.709. The van der Waals surface area contributed by atoms with Gasteiger partial charge in [-0.1, -0.05) is 19.9 Å². The average Bonchev–Trinajstić information content (AvgIpc) is 2.38. The number of nitrogens with two attached hydrogens (primary N) is 1. The number of ether oxygens (including phenoxy) is 1. The maximum Gasteiger partial charge on any atom is 0.223 e. The van der Waals surface area contributed by atoms with Crippen molar-refractivity contribution in [1.29, 1.82) is 0 Å². The van der Waals surface area contributed by atoms with Gasteiger partial charge in [-0.25, -0.2) is 0 Å². The van der Waals surface area contributed by atoms with Crippen LogP contribution >= 0.6 is 0 Å². The van der Waals surface area contributed by atoms with Gasteiger partial charge in [0.25, 0.3) is 0 Å². The van der Waals surface area contributed by atoms with Gasteiger partial charge in [0, 0.05) is 23.2 Å². The summed E-state index contributed by atoms with van der Waals surface area (Å²) < 4.78 is 5.47. The molecule has 5 nitrogen and oxygen atoms in total. The van der Waals surface area contributed by atoms with Crippen LogP contribution in [0.5, 0.6) is 5.75 Å². The van der Waals surface area contributed by atoms with Crippen LogP contribution in [0, 0.1) is 5.41 Å². The zero-order chi connectivity index (χ0) is 14.8. The Hall–Kier alpha value is -1.75. The van der Waals surface area contributed by atoms with Gasteiger partial charge in [0.2, 0.25) is 5.91 Å². The molecular weight excluding hydrogens is 256 g/mol. The van der Waals surface area contributed by atoms with Crippen molar-refractivity contribution < 1.29 is 14.6 Å². The Morgan fingerprint density at radius 1 is 1.55 bits per heavy atom. The van der Waals surface area contributed by atoms with E-state index < -0.39 is 0 Å². The van der Waals surface area contributed by atoms with Crippen molar-refractivity contribution in [3.8, 4) is 5.75 Å². The minimum absolute atomic E-state index is 0.0392. The number of benzene rings is 1. The zero-order valence-corrected chi connectivity index (χ0v) is 11.9. The van der Waals surface area contributed by atoms with Gasteiger partial charge in [0.1, 0.15) is 5.75 Å². The van der Waals surface area contributed by atoms with Crippen molar-refractivity contribution in [1.82, 2.24) is 5.32 Å². The first kappa shape index (κ1) is 14.7. The van der Waals surface area contributed by atoms with E-state index in [2.05, 4.69) is 5.32 Å². The van der Waals surface area contributed by atoms with E-state index in [1.54, 1.807) is 18.2 Å². The number of rotatable bonds is 5. The van der Waals surface area contributed by atoms with Crippen LogP contribution in [0.3, 0.4) is 0 Å². The van der Waals surface area contributed by atoms with E-state index in [0.717, 1.165) is 0 Å². The van der Waals surface area contributed by atoms with Gasteiger partial charge in [-0.05, 0) is 18.6 Å². The molecule has 2 rings (SSSR count). The smallest absolute Gasteiger partial charge is 0.223 e. The second-order valence-corrected chi connectivity index (χ2v) is 5.86. The third kappa shape index (κ3) is 3.22. The Balaban J connectivity index is 1.71. The highest BCUT2D eigenvalue weighted by Crippen LogP contribution is 2.40. The Morgan fingerprint density at radius 2 is 2.30 bits per heavy atom. The number of aliphatic hydroxyl groups is 1. The van der Waals surface area contributed by atoms with Crippen molar-refractivity contribution in [3.05, 3.63) is 24.3 Å². The molecule has 1 aliphatic rings. The lowest BCUT2D eigenvalue weighted by Gasteiger charge is -2.49. The molecule has 20 heavy (non-hydrogen) atoms. The van der Waals surface area contributed by atoms with Gasteiger partial charge in [-0.15, -0.1) is 0 Å². The maximum atomic E-state index is 11.8. The lowest BCUT2D eigenvalue weighted by atomic mass is 9.64. The van der Waals surface area contributed by atoms with Gasteiger partial charge in [-0.3, -0.25) is 4.79 Å². The summed E-state index contributed by atoms with van der Waals surface area (Å²) >= 11 is 0. The van der Waals surface area contributed by atoms with Crippen LogP contribution in [-0.2, 0) is 4.79 Å². The van der Waals surface area contributed by atoms with Gasteiger partial charge in [0.15, 0.2) is 0 Å². The molecule has 1 aliphatic carbocycles. The molecule has 4 N–H and O–H groups in total. The summed E-state index contributed by atoms with van der Waals surface area (Å²) in [5, 5.41) is 12.6. The highest BCUT2D eigenvalue weighted by molar-refractivity contribution is 5.76. The third-order valence-electron chi connectivity index (χ3n) is 4.01. The lowest BCUT2D eigenvalue weighted by molar-refractivity contribution is -0.129. The number of carbonyl (C=O) groups excluding carboxylic acids is 1. The van der Waals surface area contributed by atoms with Crippen molar-refractivity contribution in [3.63, 3.8) is 0 Å². The average molecular weight is 278 g/mol. The number of anilines is 1. The number of hydrogen-bond donors (Lipinski definition) is 3. The van der Waals surface area contributed by atoms with E-state index in [1.165, 1.54) is 0 Å². The second kappa shape index (κ2) is 5.71. The molecule has 1 aromatic carbocycles. The summed E-state index contributed by atoms with van der Waals surface area (Å²) in [7, 11) is 0. The van der Waals surface area contributed by atoms with Crippen LogP contribution in [0.25, 0.3) is 0 Å². The standard InChI is InChI=1S/C15H22N2O3/c1-15(2)12(9-13(15)18)17-14(19)6-7-20-11-5-3-4-10(16)8-11/h3-5,8,12-13,18H,6-7,9,16H2,1-2H3,(H,17,19). The molecule has 2 atom stereocenters. The van der Waals surface area contributed by atoms with Gasteiger partial charge >= 0.3 is 0 Å². The van der Waals surface area contributed by atoms with Crippen LogP contribution in [0.1, 0.15) is 26.7 Å². The number of hydrogen-bond acceptors (Lipinski definition) is 4. The highest BCUT2D eigenvalue weighted by Gasteiger charge is 2.47. The molecule has 1 amide bonds. The fourth-order valence-corrected chi connectivity index (χ4v) is 2.28. The van der Waals surface area contributed by atoms with Crippen LogP contribution in [0.2, 0.25) is 0 Å². The minimum atomic E-state index is -0.337. The summed E-state index contributed by atoms with van der Waals surface area (Å²) in [5.74, 6) is 0.607. The molecule has 0 saturated heterocycles. The van der Waals surface area contributed by atoms with E-state index in [1.807, 2.05) is 19.9 Å². The van der Waals surface area contributed by atoms with Crippen LogP contribution in [0.4, 0.5) is 5.69 Å². The van der Waals surface area contributed by atoms with Gasteiger partial charge in [0.05, 0.1) is 19.1 Å². The first-order valence-corrected chi connectivity index (χ1v) is 6.85. The highest BCUT2D eigenvalue weighted by atomic mass is 16.5. The number of nitrogen functional groups attached to an aromatic ring is 1. The number of aliphatic hydroxyl groups excluding tert-OH is 1. The van der Waals surface area contributed by atoms with Crippen molar-refractivity contribution in [2.24, 2.45) is 5.41 Å². The van der Waals surface area contributed by atoms with Crippen LogP contribution in [0.15, 0.2) is 24.3 Å². The fraction of sp³-hybridized carbons (Fsp3) is 0.533. The summed E-state index contributed by atoms with van der Waals surface area (Å²) in [6.07, 6.45) is 0.572. The van der Waals surface area contributed by atoms with Crippen molar-refractivity contribution in [2.75, 3.05) is 12.3 Å². The summed E-state index contributed by atoms with van der Waals surface area (Å²) in [4.78, 5) is 11.8. The molecule has 110 valence electrons. The van der Waals surface area contributed by atoms with E-state index in [0.29, 0.717) is 24.5 Å². The Labute approximate surface area is 119 Å². The number of carbonyl (C=O) groups is 1. The minimum Gasteiger partial charge on any atom is -0.493 e. The van der Waals surface area contributed by atoms with E-state index in [4.69, 9.17) is 10.5 Å². The molecule has 0 radical (unpaired) electrons. The van der Waals surface area contributed by atoms with Gasteiger partial charge in [-0.2, -0.15) is 0 Å². The molecular formula is C15H22N2O3. The van der Waals surface area contributed by atoms with E-state index >= 15 is 0 Å². The fourth-order valence-electron chi connectivity index (χ4n) is 2.28. The SMILES string of the molecule is CC1(C)C(O)CC1NC(=O)CCOc1cccc(N)c1. The first-order chi connectivity index (χ1) is 9.39. The maximum absolute atomic E-state index is 11.8. The molecule has 0 heterocycles. The Morgan fingerprint density at radius 3 is 2.90 bits per heavy atom. The number of amides is 1. The van der Waals surface area contributed by atoms with Crippen LogP contribution in [-0.4, -0.2) is 29.8 Å². The molecule has 0 bridgehead atoms. The van der Waals surface area contributed by atoms with E-state index in [9.17, 15) is 9.90 Å². The zero-order valence-electron chi connectivity index (χ0n) is 11.9. The molecule has 1 aromatic rings. The lowest BCUT2D eigenvalue weighted by Crippen LogP contribution is -2.61. The summed E-state index contributed by atoms with van der Waals surface area (Å²) in [5.41, 5.74) is 6.03. The number of nitrogens with one attached hydrogen (secondary N) is 1. The molecule has 2 unspecified atom stereocenters. The Bertz CT molecular complexity index is 488. The van der Waals surface area contributed by atoms with Crippen molar-refractivity contribution in [2.45, 2.75) is 38.8 Å². The molecule has 0 aliphatic heterocycles. The second-order valence-electron chi connectivity index (χ2n) is 5.86. The first-order valence-electron chi connectivity index (χ1n) is 6.85. The van der Waals surface area contributed by atoms with Crippen LogP contribution < -0.4 is 15.8 Å².